The summed E-state index contributed by atoms with van der Waals surface area (Å²) in [5, 5.41) is 25.3. The van der Waals surface area contributed by atoms with Gasteiger partial charge < -0.3 is 10.2 Å². The Hall–Kier alpha value is -0.680. The number of hydrogen-bond acceptors (Lipinski definition) is 5. The number of hydrogen-bond donors (Lipinski definition) is 3. The molecule has 1 atom stereocenters. The monoisotopic (exact) mass is 236 g/mol. The second kappa shape index (κ2) is 5.42. The van der Waals surface area contributed by atoms with Gasteiger partial charge in [0.2, 0.25) is 10.0 Å². The molecule has 0 spiro atoms. The third-order valence-electron chi connectivity index (χ3n) is 2.29. The van der Waals surface area contributed by atoms with E-state index in [1.165, 1.54) is 6.92 Å². The van der Waals surface area contributed by atoms with Gasteiger partial charge in [-0.05, 0) is 13.3 Å². The molecule has 0 rings (SSSR count). The number of nitrogens with zero attached hydrogens (tertiary/aromatic N) is 1. The topological polar surface area (TPSA) is 110 Å². The average molecular weight is 236 g/mol. The highest BCUT2D eigenvalue weighted by Gasteiger charge is 2.34. The lowest BCUT2D eigenvalue weighted by molar-refractivity contribution is 0.105. The van der Waals surface area contributed by atoms with Crippen molar-refractivity contribution in [2.24, 2.45) is 0 Å². The lowest BCUT2D eigenvalue weighted by Crippen LogP contribution is -2.55. The van der Waals surface area contributed by atoms with Crippen LogP contribution in [0, 0.1) is 11.3 Å². The van der Waals surface area contributed by atoms with Crippen molar-refractivity contribution < 1.29 is 18.6 Å². The number of aliphatic hydroxyl groups is 2. The zero-order valence-electron chi connectivity index (χ0n) is 8.77. The standard InChI is InChI=1S/C8H16N2O4S/c1-3-8(5-11,6-12)10-15(13,14)7(2)4-9/h7,10-12H,3,5-6H2,1-2H3. The molecule has 88 valence electrons. The van der Waals surface area contributed by atoms with Crippen molar-refractivity contribution in [2.75, 3.05) is 13.2 Å². The van der Waals surface area contributed by atoms with Crippen LogP contribution in [-0.4, -0.2) is 42.6 Å². The largest absolute Gasteiger partial charge is 0.394 e. The van der Waals surface area contributed by atoms with Gasteiger partial charge in [0.1, 0.15) is 0 Å². The van der Waals surface area contributed by atoms with Gasteiger partial charge in [-0.3, -0.25) is 0 Å². The Morgan fingerprint density at radius 3 is 2.20 bits per heavy atom. The van der Waals surface area contributed by atoms with Crippen LogP contribution in [0.3, 0.4) is 0 Å². The van der Waals surface area contributed by atoms with Crippen molar-refractivity contribution in [3.63, 3.8) is 0 Å². The summed E-state index contributed by atoms with van der Waals surface area (Å²) in [6.45, 7) is 1.83. The van der Waals surface area contributed by atoms with E-state index in [0.29, 0.717) is 0 Å². The predicted octanol–water partition coefficient (Wildman–Crippen LogP) is -1.05. The van der Waals surface area contributed by atoms with Crippen LogP contribution in [0.15, 0.2) is 0 Å². The number of nitriles is 1. The minimum absolute atomic E-state index is 0.234. The fraction of sp³-hybridized carbons (Fsp3) is 0.875. The Morgan fingerprint density at radius 2 is 1.93 bits per heavy atom. The molecule has 0 aromatic carbocycles. The molecule has 0 aromatic rings. The van der Waals surface area contributed by atoms with E-state index in [9.17, 15) is 8.42 Å². The molecule has 7 heteroatoms. The van der Waals surface area contributed by atoms with Gasteiger partial charge in [-0.25, -0.2) is 13.1 Å². The first-order valence-corrected chi connectivity index (χ1v) is 6.06. The van der Waals surface area contributed by atoms with Crippen LogP contribution in [0.25, 0.3) is 0 Å². The number of sulfonamides is 1. The van der Waals surface area contributed by atoms with E-state index in [1.807, 2.05) is 0 Å². The minimum atomic E-state index is -3.84. The SMILES string of the molecule is CCC(CO)(CO)NS(=O)(=O)C(C)C#N. The summed E-state index contributed by atoms with van der Waals surface area (Å²) >= 11 is 0. The average Bonchev–Trinajstić information content (AvgIpc) is 2.24. The summed E-state index contributed by atoms with van der Waals surface area (Å²) in [4.78, 5) is 0. The molecule has 1 unspecified atom stereocenters. The third-order valence-corrected chi connectivity index (χ3v) is 4.04. The van der Waals surface area contributed by atoms with E-state index in [-0.39, 0.29) is 6.42 Å². The molecule has 0 bridgehead atoms. The van der Waals surface area contributed by atoms with Gasteiger partial charge in [-0.1, -0.05) is 6.92 Å². The maximum atomic E-state index is 11.5. The van der Waals surface area contributed by atoms with Gasteiger partial charge in [0.05, 0.1) is 24.8 Å². The molecular formula is C8H16N2O4S. The number of aliphatic hydroxyl groups excluding tert-OH is 2. The van der Waals surface area contributed by atoms with E-state index in [1.54, 1.807) is 13.0 Å². The first kappa shape index (κ1) is 14.3. The molecule has 3 N–H and O–H groups in total. The minimum Gasteiger partial charge on any atom is -0.394 e. The molecule has 0 radical (unpaired) electrons. The molecule has 0 amide bonds. The molecule has 0 aliphatic carbocycles. The molecular weight excluding hydrogens is 220 g/mol. The van der Waals surface area contributed by atoms with Crippen molar-refractivity contribution in [1.29, 1.82) is 5.26 Å². The zero-order chi connectivity index (χ0) is 12.1. The van der Waals surface area contributed by atoms with Crippen LogP contribution in [0.2, 0.25) is 0 Å². The van der Waals surface area contributed by atoms with Gasteiger partial charge in [0.25, 0.3) is 0 Å². The maximum absolute atomic E-state index is 11.5. The van der Waals surface area contributed by atoms with E-state index in [0.717, 1.165) is 0 Å². The van der Waals surface area contributed by atoms with E-state index < -0.39 is 34.0 Å². The number of rotatable bonds is 6. The van der Waals surface area contributed by atoms with Crippen LogP contribution in [0.5, 0.6) is 0 Å². The van der Waals surface area contributed by atoms with Crippen molar-refractivity contribution in [2.45, 2.75) is 31.1 Å². The molecule has 0 saturated carbocycles. The smallest absolute Gasteiger partial charge is 0.228 e. The van der Waals surface area contributed by atoms with Crippen molar-refractivity contribution >= 4 is 10.0 Å². The van der Waals surface area contributed by atoms with E-state index in [2.05, 4.69) is 4.72 Å². The lowest BCUT2D eigenvalue weighted by Gasteiger charge is -2.29. The van der Waals surface area contributed by atoms with Gasteiger partial charge in [0.15, 0.2) is 5.25 Å². The molecule has 0 fully saturated rings. The summed E-state index contributed by atoms with van der Waals surface area (Å²) in [6, 6.07) is 1.59. The van der Waals surface area contributed by atoms with Crippen molar-refractivity contribution in [3.8, 4) is 6.07 Å². The summed E-state index contributed by atoms with van der Waals surface area (Å²) in [5.74, 6) is 0. The third kappa shape index (κ3) is 3.43. The van der Waals surface area contributed by atoms with Crippen LogP contribution in [0.4, 0.5) is 0 Å². The number of nitrogens with one attached hydrogen (secondary N) is 1. The zero-order valence-corrected chi connectivity index (χ0v) is 9.58. The molecule has 0 saturated heterocycles. The van der Waals surface area contributed by atoms with Crippen LogP contribution in [0.1, 0.15) is 20.3 Å². The predicted molar refractivity (Wildman–Crippen MR) is 54.3 cm³/mol. The fourth-order valence-electron chi connectivity index (χ4n) is 0.870. The van der Waals surface area contributed by atoms with Crippen LogP contribution >= 0.6 is 0 Å². The molecule has 15 heavy (non-hydrogen) atoms. The van der Waals surface area contributed by atoms with E-state index >= 15 is 0 Å². The highest BCUT2D eigenvalue weighted by molar-refractivity contribution is 7.90. The van der Waals surface area contributed by atoms with Gasteiger partial charge in [-0.15, -0.1) is 0 Å². The molecule has 0 aromatic heterocycles. The Balaban J connectivity index is 4.92. The Labute approximate surface area is 89.6 Å². The fourth-order valence-corrected chi connectivity index (χ4v) is 2.06. The Kier molecular flexibility index (Phi) is 5.17. The molecule has 0 heterocycles. The molecule has 0 aliphatic heterocycles. The van der Waals surface area contributed by atoms with Crippen molar-refractivity contribution in [3.05, 3.63) is 0 Å². The summed E-state index contributed by atoms with van der Waals surface area (Å²) < 4.78 is 25.2. The summed E-state index contributed by atoms with van der Waals surface area (Å²) in [7, 11) is -3.84. The van der Waals surface area contributed by atoms with Gasteiger partial charge >= 0.3 is 0 Å². The van der Waals surface area contributed by atoms with Crippen molar-refractivity contribution in [1.82, 2.24) is 4.72 Å². The second-order valence-electron chi connectivity index (χ2n) is 3.37. The van der Waals surface area contributed by atoms with Crippen LogP contribution in [-0.2, 0) is 10.0 Å². The first-order chi connectivity index (χ1) is 6.87. The highest BCUT2D eigenvalue weighted by atomic mass is 32.2. The normalized spacial score (nSPS) is 14.6. The van der Waals surface area contributed by atoms with Gasteiger partial charge in [-0.2, -0.15) is 5.26 Å². The quantitative estimate of drug-likeness (QED) is 0.545. The van der Waals surface area contributed by atoms with E-state index in [4.69, 9.17) is 15.5 Å². The highest BCUT2D eigenvalue weighted by Crippen LogP contribution is 2.12. The second-order valence-corrected chi connectivity index (χ2v) is 5.37. The first-order valence-electron chi connectivity index (χ1n) is 4.51. The Bertz CT molecular complexity index is 321. The summed E-state index contributed by atoms with van der Waals surface area (Å²) in [6.07, 6.45) is 0.234. The molecule has 0 aliphatic rings. The summed E-state index contributed by atoms with van der Waals surface area (Å²) in [5.41, 5.74) is -1.29. The van der Waals surface area contributed by atoms with Crippen LogP contribution < -0.4 is 4.72 Å². The van der Waals surface area contributed by atoms with Gasteiger partial charge in [0, 0.05) is 0 Å². The Morgan fingerprint density at radius 1 is 1.47 bits per heavy atom. The lowest BCUT2D eigenvalue weighted by atomic mass is 10.0. The molecule has 6 nitrogen and oxygen atoms in total. The maximum Gasteiger partial charge on any atom is 0.228 e.